The van der Waals surface area contributed by atoms with E-state index in [1.807, 2.05) is 19.2 Å². The zero-order valence-corrected chi connectivity index (χ0v) is 17.3. The lowest BCUT2D eigenvalue weighted by atomic mass is 10.1. The van der Waals surface area contributed by atoms with Gasteiger partial charge in [-0.1, -0.05) is 11.6 Å². The zero-order valence-electron chi connectivity index (χ0n) is 16.5. The van der Waals surface area contributed by atoms with Gasteiger partial charge in [-0.05, 0) is 25.1 Å². The molecule has 1 atom stereocenters. The summed E-state index contributed by atoms with van der Waals surface area (Å²) in [5.74, 6) is 0.735. The molecule has 5 heterocycles. The lowest BCUT2D eigenvalue weighted by Gasteiger charge is -2.18. The van der Waals surface area contributed by atoms with E-state index in [-0.39, 0.29) is 6.61 Å². The number of pyridine rings is 2. The van der Waals surface area contributed by atoms with E-state index in [0.29, 0.717) is 28.5 Å². The molecule has 31 heavy (non-hydrogen) atoms. The van der Waals surface area contributed by atoms with Gasteiger partial charge in [0.25, 0.3) is 0 Å². The Morgan fingerprint density at radius 1 is 1.32 bits per heavy atom. The summed E-state index contributed by atoms with van der Waals surface area (Å²) in [6, 6.07) is 4.56. The highest BCUT2D eigenvalue weighted by Gasteiger charge is 2.22. The molecule has 1 unspecified atom stereocenters. The third-order valence-corrected chi connectivity index (χ3v) is 5.51. The number of hydrogen-bond acceptors (Lipinski definition) is 6. The fraction of sp³-hybridized carbons (Fsp3) is 0.238. The number of aromatic nitrogens is 5. The van der Waals surface area contributed by atoms with Crippen molar-refractivity contribution in [2.75, 3.05) is 13.2 Å². The van der Waals surface area contributed by atoms with Crippen molar-refractivity contribution in [2.24, 2.45) is 4.99 Å². The average Bonchev–Trinajstić information content (AvgIpc) is 3.33. The number of nitrogens with zero attached hydrogens (tertiary/aromatic N) is 6. The molecule has 0 aliphatic carbocycles. The highest BCUT2D eigenvalue weighted by molar-refractivity contribution is 6.34. The van der Waals surface area contributed by atoms with Crippen LogP contribution in [-0.4, -0.2) is 48.6 Å². The van der Waals surface area contributed by atoms with E-state index in [2.05, 4.69) is 19.6 Å². The average molecular weight is 441 g/mol. The van der Waals surface area contributed by atoms with Crippen LogP contribution in [0.2, 0.25) is 5.02 Å². The van der Waals surface area contributed by atoms with Crippen LogP contribution in [0.4, 0.5) is 4.39 Å². The molecule has 0 bridgehead atoms. The van der Waals surface area contributed by atoms with E-state index in [1.54, 1.807) is 10.7 Å². The summed E-state index contributed by atoms with van der Waals surface area (Å²) in [6.07, 6.45) is 5.39. The number of aliphatic hydroxyl groups excluding tert-OH is 1. The molecule has 0 spiro atoms. The van der Waals surface area contributed by atoms with Gasteiger partial charge in [-0.2, -0.15) is 5.10 Å². The predicted octanol–water partition coefficient (Wildman–Crippen LogP) is 3.24. The van der Waals surface area contributed by atoms with Crippen LogP contribution in [-0.2, 0) is 6.54 Å². The van der Waals surface area contributed by atoms with E-state index in [4.69, 9.17) is 21.3 Å². The molecule has 0 saturated carbocycles. The Labute approximate surface area is 181 Å². The molecule has 0 saturated heterocycles. The molecule has 5 rings (SSSR count). The van der Waals surface area contributed by atoms with Crippen molar-refractivity contribution in [1.29, 1.82) is 0 Å². The molecule has 8 nitrogen and oxygen atoms in total. The first-order valence-corrected chi connectivity index (χ1v) is 10.1. The molecule has 1 N–H and O–H groups in total. The van der Waals surface area contributed by atoms with Gasteiger partial charge in [-0.25, -0.2) is 13.9 Å². The third kappa shape index (κ3) is 3.45. The SMILES string of the molecule is Cc1c(-c2cc(OC(CO)c3ccc(F)cn3)c3c(Cl)cnn3c2)nc2n1CCN=C2. The van der Waals surface area contributed by atoms with Crippen LogP contribution < -0.4 is 4.74 Å². The normalized spacial score (nSPS) is 14.1. The van der Waals surface area contributed by atoms with Crippen LogP contribution in [0.1, 0.15) is 23.3 Å². The standard InChI is InChI=1S/C21H18ClFN6O2/c1-12-20(27-19-9-24-4-5-28(12)19)13-6-17(21-15(22)8-26-29(21)10-13)31-18(11-30)16-3-2-14(23)7-25-16/h2-3,6-10,18,30H,4-5,11H2,1H3. The Hall–Kier alpha value is -3.30. The molecule has 0 aromatic carbocycles. The van der Waals surface area contributed by atoms with Gasteiger partial charge in [0, 0.05) is 24.0 Å². The predicted molar refractivity (Wildman–Crippen MR) is 113 cm³/mol. The topological polar surface area (TPSA) is 89.8 Å². The Morgan fingerprint density at radius 3 is 2.94 bits per heavy atom. The Balaban J connectivity index is 1.61. The Bertz CT molecular complexity index is 1300. The zero-order chi connectivity index (χ0) is 21.5. The van der Waals surface area contributed by atoms with E-state index in [0.717, 1.165) is 35.5 Å². The highest BCUT2D eigenvalue weighted by Crippen LogP contribution is 2.35. The third-order valence-electron chi connectivity index (χ3n) is 5.23. The van der Waals surface area contributed by atoms with Crippen molar-refractivity contribution in [3.05, 3.63) is 64.8 Å². The molecular formula is C21H18ClFN6O2. The second-order valence-electron chi connectivity index (χ2n) is 7.16. The molecule has 0 fully saturated rings. The summed E-state index contributed by atoms with van der Waals surface area (Å²) >= 11 is 6.36. The molecule has 158 valence electrons. The highest BCUT2D eigenvalue weighted by atomic mass is 35.5. The number of halogens is 2. The number of ether oxygens (including phenoxy) is 1. The van der Waals surface area contributed by atoms with Gasteiger partial charge in [0.15, 0.2) is 11.9 Å². The molecular weight excluding hydrogens is 423 g/mol. The van der Waals surface area contributed by atoms with Gasteiger partial charge in [0.1, 0.15) is 17.1 Å². The van der Waals surface area contributed by atoms with Gasteiger partial charge >= 0.3 is 0 Å². The summed E-state index contributed by atoms with van der Waals surface area (Å²) in [5, 5.41) is 14.6. The van der Waals surface area contributed by atoms with Crippen molar-refractivity contribution >= 4 is 23.3 Å². The summed E-state index contributed by atoms with van der Waals surface area (Å²) in [4.78, 5) is 13.1. The Morgan fingerprint density at radius 2 is 2.19 bits per heavy atom. The number of aliphatic hydroxyl groups is 1. The maximum Gasteiger partial charge on any atom is 0.163 e. The molecule has 4 aromatic rings. The van der Waals surface area contributed by atoms with E-state index < -0.39 is 11.9 Å². The lowest BCUT2D eigenvalue weighted by Crippen LogP contribution is -2.14. The number of hydrogen-bond donors (Lipinski definition) is 1. The van der Waals surface area contributed by atoms with Crippen molar-refractivity contribution in [2.45, 2.75) is 19.6 Å². The van der Waals surface area contributed by atoms with Gasteiger partial charge in [-0.15, -0.1) is 0 Å². The van der Waals surface area contributed by atoms with Gasteiger partial charge < -0.3 is 14.4 Å². The first-order valence-electron chi connectivity index (χ1n) is 9.68. The fourth-order valence-electron chi connectivity index (χ4n) is 3.70. The van der Waals surface area contributed by atoms with Crippen LogP contribution in [0.5, 0.6) is 5.75 Å². The van der Waals surface area contributed by atoms with Crippen LogP contribution in [0.25, 0.3) is 16.8 Å². The largest absolute Gasteiger partial charge is 0.479 e. The summed E-state index contributed by atoms with van der Waals surface area (Å²) in [6.45, 7) is 3.14. The number of aliphatic imine (C=N–C) groups is 1. The quantitative estimate of drug-likeness (QED) is 0.514. The van der Waals surface area contributed by atoms with Gasteiger partial charge in [-0.3, -0.25) is 9.98 Å². The second-order valence-corrected chi connectivity index (χ2v) is 7.57. The molecule has 1 aliphatic rings. The lowest BCUT2D eigenvalue weighted by molar-refractivity contribution is 0.114. The maximum atomic E-state index is 13.3. The van der Waals surface area contributed by atoms with Gasteiger partial charge in [0.05, 0.1) is 48.2 Å². The maximum absolute atomic E-state index is 13.3. The van der Waals surface area contributed by atoms with E-state index >= 15 is 0 Å². The van der Waals surface area contributed by atoms with Crippen LogP contribution in [0.3, 0.4) is 0 Å². The summed E-state index contributed by atoms with van der Waals surface area (Å²) in [7, 11) is 0. The van der Waals surface area contributed by atoms with Crippen molar-refractivity contribution in [3.8, 4) is 17.0 Å². The molecule has 0 radical (unpaired) electrons. The van der Waals surface area contributed by atoms with E-state index in [1.165, 1.54) is 18.3 Å². The number of imidazole rings is 1. The number of fused-ring (bicyclic) bond motifs is 2. The van der Waals surface area contributed by atoms with Crippen molar-refractivity contribution in [3.63, 3.8) is 0 Å². The second kappa shape index (κ2) is 7.75. The van der Waals surface area contributed by atoms with Crippen LogP contribution >= 0.6 is 11.6 Å². The number of rotatable bonds is 5. The van der Waals surface area contributed by atoms with Crippen molar-refractivity contribution in [1.82, 2.24) is 24.1 Å². The minimum Gasteiger partial charge on any atom is -0.479 e. The minimum absolute atomic E-state index is 0.352. The minimum atomic E-state index is -0.811. The monoisotopic (exact) mass is 440 g/mol. The molecule has 0 amide bonds. The smallest absolute Gasteiger partial charge is 0.163 e. The van der Waals surface area contributed by atoms with Crippen LogP contribution in [0.15, 0.2) is 41.8 Å². The summed E-state index contributed by atoms with van der Waals surface area (Å²) < 4.78 is 23.1. The first kappa shape index (κ1) is 19.7. The molecule has 1 aliphatic heterocycles. The fourth-order valence-corrected chi connectivity index (χ4v) is 3.93. The van der Waals surface area contributed by atoms with Gasteiger partial charge in [0.2, 0.25) is 0 Å². The summed E-state index contributed by atoms with van der Waals surface area (Å²) in [5.41, 5.74) is 3.51. The van der Waals surface area contributed by atoms with E-state index in [9.17, 15) is 9.50 Å². The van der Waals surface area contributed by atoms with Crippen LogP contribution in [0, 0.1) is 12.7 Å². The Kier molecular flexibility index (Phi) is 4.91. The molecule has 4 aromatic heterocycles. The van der Waals surface area contributed by atoms with Crippen molar-refractivity contribution < 1.29 is 14.2 Å². The molecule has 10 heteroatoms. The first-order chi connectivity index (χ1) is 15.0.